The summed E-state index contributed by atoms with van der Waals surface area (Å²) in [5.74, 6) is 0.364. The number of esters is 1. The van der Waals surface area contributed by atoms with E-state index in [1.54, 1.807) is 36.4 Å². The second-order valence-electron chi connectivity index (χ2n) is 7.05. The Labute approximate surface area is 183 Å². The predicted molar refractivity (Wildman–Crippen MR) is 116 cm³/mol. The summed E-state index contributed by atoms with van der Waals surface area (Å²) in [5, 5.41) is 0.650. The van der Waals surface area contributed by atoms with Crippen molar-refractivity contribution < 1.29 is 27.1 Å². The van der Waals surface area contributed by atoms with E-state index in [9.17, 15) is 18.0 Å². The first-order chi connectivity index (χ1) is 15.4. The molecule has 1 aromatic heterocycles. The van der Waals surface area contributed by atoms with E-state index in [0.717, 1.165) is 0 Å². The molecule has 0 bridgehead atoms. The lowest BCUT2D eigenvalue weighted by atomic mass is 10.1. The van der Waals surface area contributed by atoms with E-state index in [1.807, 2.05) is 0 Å². The van der Waals surface area contributed by atoms with E-state index >= 15 is 0 Å². The van der Waals surface area contributed by atoms with Gasteiger partial charge in [-0.1, -0.05) is 12.1 Å². The fourth-order valence-electron chi connectivity index (χ4n) is 3.35. The normalized spacial score (nSPS) is 15.3. The lowest BCUT2D eigenvalue weighted by Crippen LogP contribution is -2.22. The van der Waals surface area contributed by atoms with Crippen molar-refractivity contribution >= 4 is 32.8 Å². The van der Waals surface area contributed by atoms with Crippen molar-refractivity contribution in [1.82, 2.24) is 4.72 Å². The second kappa shape index (κ2) is 8.83. The summed E-state index contributed by atoms with van der Waals surface area (Å²) in [6.07, 6.45) is 0.472. The van der Waals surface area contributed by atoms with Crippen LogP contribution < -0.4 is 15.1 Å². The van der Waals surface area contributed by atoms with Gasteiger partial charge in [0, 0.05) is 41.6 Å². The van der Waals surface area contributed by atoms with E-state index in [4.69, 9.17) is 13.9 Å². The fourth-order valence-corrected chi connectivity index (χ4v) is 4.60. The molecular weight excluding hydrogens is 436 g/mol. The molecule has 9 nitrogen and oxygen atoms in total. The van der Waals surface area contributed by atoms with E-state index < -0.39 is 21.6 Å². The molecule has 0 unspecified atom stereocenters. The van der Waals surface area contributed by atoms with Crippen molar-refractivity contribution in [3.05, 3.63) is 70.1 Å². The number of rotatable bonds is 7. The van der Waals surface area contributed by atoms with Crippen molar-refractivity contribution in [2.75, 3.05) is 13.7 Å². The van der Waals surface area contributed by atoms with Crippen LogP contribution in [0.4, 0.5) is 0 Å². The van der Waals surface area contributed by atoms with Gasteiger partial charge in [0.25, 0.3) is 10.0 Å². The number of nitrogens with one attached hydrogen (secondary N) is 1. The maximum atomic E-state index is 12.1. The molecule has 1 N–H and O–H groups in total. The van der Waals surface area contributed by atoms with Crippen molar-refractivity contribution in [3.63, 3.8) is 0 Å². The summed E-state index contributed by atoms with van der Waals surface area (Å²) in [7, 11) is -2.08. The van der Waals surface area contributed by atoms with E-state index in [2.05, 4.69) is 9.71 Å². The number of sulfonamides is 1. The fraction of sp³-hybridized carbons (Fsp3) is 0.227. The monoisotopic (exact) mass is 456 g/mol. The smallest absolute Gasteiger partial charge is 0.336 e. The van der Waals surface area contributed by atoms with Crippen LogP contribution in [0.3, 0.4) is 0 Å². The van der Waals surface area contributed by atoms with Crippen LogP contribution in [0.2, 0.25) is 0 Å². The minimum absolute atomic E-state index is 0.0744. The van der Waals surface area contributed by atoms with Gasteiger partial charge < -0.3 is 13.9 Å². The van der Waals surface area contributed by atoms with Crippen LogP contribution in [-0.4, -0.2) is 33.9 Å². The molecule has 0 saturated carbocycles. The van der Waals surface area contributed by atoms with Crippen LogP contribution in [0.1, 0.15) is 24.0 Å². The topological polar surface area (TPSA) is 124 Å². The molecule has 166 valence electrons. The number of amidine groups is 1. The van der Waals surface area contributed by atoms with Crippen LogP contribution in [0, 0.1) is 0 Å². The highest BCUT2D eigenvalue weighted by atomic mass is 32.2. The molecule has 0 saturated heterocycles. The molecule has 2 aromatic carbocycles. The molecule has 0 atom stereocenters. The van der Waals surface area contributed by atoms with E-state index in [1.165, 1.54) is 19.2 Å². The highest BCUT2D eigenvalue weighted by molar-refractivity contribution is 7.90. The average molecular weight is 456 g/mol. The molecule has 1 aliphatic rings. The molecule has 0 aliphatic carbocycles. The van der Waals surface area contributed by atoms with Crippen molar-refractivity contribution in [1.29, 1.82) is 0 Å². The predicted octanol–water partition coefficient (Wildman–Crippen LogP) is 2.36. The van der Waals surface area contributed by atoms with Crippen LogP contribution in [0.25, 0.3) is 11.0 Å². The Morgan fingerprint density at radius 3 is 2.78 bits per heavy atom. The van der Waals surface area contributed by atoms with Gasteiger partial charge in [-0.05, 0) is 30.7 Å². The number of nitrogens with zero attached hydrogens (tertiary/aromatic N) is 1. The zero-order valence-corrected chi connectivity index (χ0v) is 18.0. The first kappa shape index (κ1) is 21.6. The number of carbonyl (C=O) groups is 1. The summed E-state index contributed by atoms with van der Waals surface area (Å²) in [5.41, 5.74) is 0.843. The van der Waals surface area contributed by atoms with E-state index in [0.29, 0.717) is 34.3 Å². The number of ether oxygens (including phenoxy) is 2. The maximum Gasteiger partial charge on any atom is 0.336 e. The average Bonchev–Trinajstić information content (AvgIpc) is 3.04. The molecule has 0 fully saturated rings. The standard InChI is InChI=1S/C22H20N2O7S/c1-29-15-8-9-16-14(11-21(26)31-18(16)12-15)13-30-20(25)7-4-10-23-22-17-5-2-3-6-19(17)32(27,28)24-22/h2-3,5-6,8-9,11-12H,4,7,10,13H2,1H3,(H,23,24). The third kappa shape index (κ3) is 4.50. The molecule has 1 aliphatic heterocycles. The molecule has 0 spiro atoms. The zero-order valence-electron chi connectivity index (χ0n) is 17.2. The van der Waals surface area contributed by atoms with Crippen molar-refractivity contribution in [2.24, 2.45) is 4.99 Å². The molecule has 3 aromatic rings. The number of hydrogen-bond donors (Lipinski definition) is 1. The first-order valence-electron chi connectivity index (χ1n) is 9.80. The third-order valence-electron chi connectivity index (χ3n) is 4.90. The van der Waals surface area contributed by atoms with Gasteiger partial charge in [0.15, 0.2) is 0 Å². The minimum atomic E-state index is -3.59. The highest BCUT2D eigenvalue weighted by Crippen LogP contribution is 2.24. The molecule has 32 heavy (non-hydrogen) atoms. The second-order valence-corrected chi connectivity index (χ2v) is 8.70. The lowest BCUT2D eigenvalue weighted by Gasteiger charge is -2.08. The van der Waals surface area contributed by atoms with Gasteiger partial charge in [0.05, 0.1) is 12.0 Å². The molecule has 10 heteroatoms. The van der Waals surface area contributed by atoms with Crippen LogP contribution in [0.15, 0.2) is 67.6 Å². The summed E-state index contributed by atoms with van der Waals surface area (Å²) in [6, 6.07) is 12.9. The Kier molecular flexibility index (Phi) is 5.95. The summed E-state index contributed by atoms with van der Waals surface area (Å²) in [4.78, 5) is 28.4. The van der Waals surface area contributed by atoms with Crippen LogP contribution >= 0.6 is 0 Å². The zero-order chi connectivity index (χ0) is 22.7. The molecule has 0 amide bonds. The Morgan fingerprint density at radius 2 is 1.97 bits per heavy atom. The molecule has 0 radical (unpaired) electrons. The van der Waals surface area contributed by atoms with Gasteiger partial charge in [-0.2, -0.15) is 0 Å². The Hall–Kier alpha value is -3.66. The van der Waals surface area contributed by atoms with Gasteiger partial charge in [-0.3, -0.25) is 14.5 Å². The minimum Gasteiger partial charge on any atom is -0.497 e. The Balaban J connectivity index is 1.34. The van der Waals surface area contributed by atoms with Gasteiger partial charge >= 0.3 is 11.6 Å². The van der Waals surface area contributed by atoms with Crippen molar-refractivity contribution in [3.8, 4) is 5.75 Å². The Bertz CT molecular complexity index is 1380. The summed E-state index contributed by atoms with van der Waals surface area (Å²) in [6.45, 7) is 0.174. The lowest BCUT2D eigenvalue weighted by molar-refractivity contribution is -0.145. The number of hydrogen-bond acceptors (Lipinski definition) is 8. The third-order valence-corrected chi connectivity index (χ3v) is 6.29. The SMILES string of the molecule is COc1ccc2c(COC(=O)CCCN=C3NS(=O)(=O)c4ccccc43)cc(=O)oc2c1. The number of methoxy groups -OCH3 is 1. The Morgan fingerprint density at radius 1 is 1.16 bits per heavy atom. The maximum absolute atomic E-state index is 12.1. The molecule has 2 heterocycles. The summed E-state index contributed by atoms with van der Waals surface area (Å²) < 4.78 is 42.2. The number of aliphatic imine (C=N–C) groups is 1. The highest BCUT2D eigenvalue weighted by Gasteiger charge is 2.29. The van der Waals surface area contributed by atoms with Crippen molar-refractivity contribution in [2.45, 2.75) is 24.3 Å². The summed E-state index contributed by atoms with van der Waals surface area (Å²) >= 11 is 0. The number of benzene rings is 2. The molecule has 4 rings (SSSR count). The van der Waals surface area contributed by atoms with Gasteiger partial charge in [-0.25, -0.2) is 13.2 Å². The number of fused-ring (bicyclic) bond motifs is 2. The molecular formula is C22H20N2O7S. The van der Waals surface area contributed by atoms with E-state index in [-0.39, 0.29) is 30.3 Å². The first-order valence-corrected chi connectivity index (χ1v) is 11.3. The van der Waals surface area contributed by atoms with Gasteiger partial charge in [0.1, 0.15) is 23.8 Å². The van der Waals surface area contributed by atoms with Crippen LogP contribution in [-0.2, 0) is 26.2 Å². The number of carbonyl (C=O) groups excluding carboxylic acids is 1. The van der Waals surface area contributed by atoms with Gasteiger partial charge in [0.2, 0.25) is 0 Å². The quantitative estimate of drug-likeness (QED) is 0.329. The largest absolute Gasteiger partial charge is 0.497 e. The van der Waals surface area contributed by atoms with Crippen LogP contribution in [0.5, 0.6) is 5.75 Å². The van der Waals surface area contributed by atoms with Gasteiger partial charge in [-0.15, -0.1) is 0 Å².